The van der Waals surface area contributed by atoms with E-state index in [1.54, 1.807) is 6.08 Å². The number of rotatable bonds is 8. The van der Waals surface area contributed by atoms with Crippen LogP contribution in [0.4, 0.5) is 0 Å². The molecule has 0 heterocycles. The Balaban J connectivity index is 1.76. The van der Waals surface area contributed by atoms with Crippen LogP contribution in [0.5, 0.6) is 0 Å². The topological polar surface area (TPSA) is 84.5 Å². The standard InChI is InChI=1S/C23H26N2O4/c1-16-9-11-20(12-10-16)15-24-22(27)18(3)29-23(28)17(2)25-21(26)14-13-19-7-5-4-6-8-19/h4-14,17-18H,15H2,1-3H3,(H,24,27)(H,25,26)/b14-13+/t17-,18+/m0/s1. The van der Waals surface area contributed by atoms with Crippen molar-refractivity contribution in [3.63, 3.8) is 0 Å². The zero-order valence-electron chi connectivity index (χ0n) is 16.8. The molecular weight excluding hydrogens is 368 g/mol. The number of benzene rings is 2. The van der Waals surface area contributed by atoms with E-state index < -0.39 is 29.9 Å². The second-order valence-corrected chi connectivity index (χ2v) is 6.76. The first-order valence-corrected chi connectivity index (χ1v) is 9.42. The molecule has 0 saturated heterocycles. The van der Waals surface area contributed by atoms with Crippen molar-refractivity contribution in [2.24, 2.45) is 0 Å². The number of ether oxygens (including phenoxy) is 1. The smallest absolute Gasteiger partial charge is 0.329 e. The first kappa shape index (κ1) is 21.9. The van der Waals surface area contributed by atoms with Crippen LogP contribution < -0.4 is 10.6 Å². The SMILES string of the molecule is Cc1ccc(CNC(=O)[C@@H](C)OC(=O)[C@H](C)NC(=O)/C=C/c2ccccc2)cc1. The van der Waals surface area contributed by atoms with Crippen LogP contribution in [0.3, 0.4) is 0 Å². The average molecular weight is 394 g/mol. The summed E-state index contributed by atoms with van der Waals surface area (Å²) in [6, 6.07) is 16.2. The minimum Gasteiger partial charge on any atom is -0.451 e. The number of hydrogen-bond acceptors (Lipinski definition) is 4. The predicted octanol–water partition coefficient (Wildman–Crippen LogP) is 2.76. The van der Waals surface area contributed by atoms with Crippen molar-refractivity contribution in [2.45, 2.75) is 39.5 Å². The molecule has 2 rings (SSSR count). The lowest BCUT2D eigenvalue weighted by molar-refractivity contribution is -0.157. The lowest BCUT2D eigenvalue weighted by atomic mass is 10.1. The van der Waals surface area contributed by atoms with Gasteiger partial charge in [-0.05, 0) is 38.0 Å². The number of esters is 1. The Morgan fingerprint density at radius 2 is 1.66 bits per heavy atom. The summed E-state index contributed by atoms with van der Waals surface area (Å²) >= 11 is 0. The van der Waals surface area contributed by atoms with Crippen LogP contribution in [-0.4, -0.2) is 29.9 Å². The molecule has 2 atom stereocenters. The Morgan fingerprint density at radius 3 is 2.31 bits per heavy atom. The summed E-state index contributed by atoms with van der Waals surface area (Å²) in [5, 5.41) is 5.25. The van der Waals surface area contributed by atoms with Gasteiger partial charge in [-0.2, -0.15) is 0 Å². The lowest BCUT2D eigenvalue weighted by Gasteiger charge is -2.17. The van der Waals surface area contributed by atoms with Crippen LogP contribution in [0.1, 0.15) is 30.5 Å². The van der Waals surface area contributed by atoms with Crippen LogP contribution in [0.15, 0.2) is 60.7 Å². The number of carbonyl (C=O) groups is 3. The van der Waals surface area contributed by atoms with E-state index in [4.69, 9.17) is 4.74 Å². The van der Waals surface area contributed by atoms with Crippen molar-refractivity contribution < 1.29 is 19.1 Å². The van der Waals surface area contributed by atoms with E-state index in [0.717, 1.165) is 16.7 Å². The predicted molar refractivity (Wildman–Crippen MR) is 112 cm³/mol. The molecule has 2 N–H and O–H groups in total. The summed E-state index contributed by atoms with van der Waals surface area (Å²) in [4.78, 5) is 36.2. The second kappa shape index (κ2) is 10.8. The molecule has 6 nitrogen and oxygen atoms in total. The number of nitrogens with one attached hydrogen (secondary N) is 2. The highest BCUT2D eigenvalue weighted by atomic mass is 16.5. The third-order valence-corrected chi connectivity index (χ3v) is 4.19. The van der Waals surface area contributed by atoms with Crippen molar-refractivity contribution in [3.8, 4) is 0 Å². The zero-order valence-corrected chi connectivity index (χ0v) is 16.8. The zero-order chi connectivity index (χ0) is 21.2. The third-order valence-electron chi connectivity index (χ3n) is 4.19. The molecule has 29 heavy (non-hydrogen) atoms. The summed E-state index contributed by atoms with van der Waals surface area (Å²) in [6.45, 7) is 5.33. The molecule has 0 bridgehead atoms. The lowest BCUT2D eigenvalue weighted by Crippen LogP contribution is -2.43. The maximum absolute atomic E-state index is 12.1. The number of carbonyl (C=O) groups excluding carboxylic acids is 3. The van der Waals surface area contributed by atoms with Gasteiger partial charge in [0.25, 0.3) is 5.91 Å². The molecule has 0 aliphatic rings. The highest BCUT2D eigenvalue weighted by molar-refractivity contribution is 5.94. The molecule has 0 fully saturated rings. The fourth-order valence-electron chi connectivity index (χ4n) is 2.43. The number of aryl methyl sites for hydroxylation is 1. The Labute approximate surface area is 171 Å². The summed E-state index contributed by atoms with van der Waals surface area (Å²) in [7, 11) is 0. The molecule has 2 aromatic carbocycles. The van der Waals surface area contributed by atoms with Gasteiger partial charge in [-0.25, -0.2) is 4.79 Å². The molecule has 2 amide bonds. The molecule has 0 aliphatic carbocycles. The molecule has 6 heteroatoms. The summed E-state index contributed by atoms with van der Waals surface area (Å²) in [5.41, 5.74) is 2.96. The van der Waals surface area contributed by atoms with Gasteiger partial charge in [0, 0.05) is 12.6 Å². The van der Waals surface area contributed by atoms with E-state index in [9.17, 15) is 14.4 Å². The Hall–Kier alpha value is -3.41. The fraction of sp³-hybridized carbons (Fsp3) is 0.261. The molecule has 0 aromatic heterocycles. The van der Waals surface area contributed by atoms with Crippen LogP contribution in [-0.2, 0) is 25.7 Å². The first-order valence-electron chi connectivity index (χ1n) is 9.42. The van der Waals surface area contributed by atoms with E-state index in [-0.39, 0.29) is 0 Å². The van der Waals surface area contributed by atoms with Crippen LogP contribution >= 0.6 is 0 Å². The molecule has 0 aliphatic heterocycles. The van der Waals surface area contributed by atoms with E-state index in [1.165, 1.54) is 19.9 Å². The van der Waals surface area contributed by atoms with Gasteiger partial charge in [0.15, 0.2) is 6.10 Å². The van der Waals surface area contributed by atoms with Gasteiger partial charge in [0.05, 0.1) is 0 Å². The van der Waals surface area contributed by atoms with Gasteiger partial charge in [-0.1, -0.05) is 60.2 Å². The molecule has 0 unspecified atom stereocenters. The molecule has 2 aromatic rings. The van der Waals surface area contributed by atoms with Crippen molar-refractivity contribution in [2.75, 3.05) is 0 Å². The van der Waals surface area contributed by atoms with Gasteiger partial charge in [-0.3, -0.25) is 9.59 Å². The molecule has 0 saturated carbocycles. The van der Waals surface area contributed by atoms with Gasteiger partial charge in [0.1, 0.15) is 6.04 Å². The van der Waals surface area contributed by atoms with Crippen LogP contribution in [0.25, 0.3) is 6.08 Å². The Morgan fingerprint density at radius 1 is 1.00 bits per heavy atom. The minimum atomic E-state index is -0.966. The van der Waals surface area contributed by atoms with Crippen molar-refractivity contribution in [1.29, 1.82) is 0 Å². The summed E-state index contributed by atoms with van der Waals surface area (Å²) in [5.74, 6) is -1.50. The normalized spacial score (nSPS) is 12.8. The summed E-state index contributed by atoms with van der Waals surface area (Å²) in [6.07, 6.45) is 2.03. The monoisotopic (exact) mass is 394 g/mol. The summed E-state index contributed by atoms with van der Waals surface area (Å²) < 4.78 is 5.16. The molecular formula is C23H26N2O4. The molecule has 152 valence electrons. The third kappa shape index (κ3) is 7.62. The minimum absolute atomic E-state index is 0.345. The van der Waals surface area contributed by atoms with Gasteiger partial charge < -0.3 is 15.4 Å². The largest absolute Gasteiger partial charge is 0.451 e. The second-order valence-electron chi connectivity index (χ2n) is 6.76. The molecule has 0 spiro atoms. The maximum Gasteiger partial charge on any atom is 0.329 e. The Bertz CT molecular complexity index is 860. The van der Waals surface area contributed by atoms with Gasteiger partial charge in [0.2, 0.25) is 5.91 Å². The van der Waals surface area contributed by atoms with Crippen molar-refractivity contribution in [3.05, 3.63) is 77.4 Å². The van der Waals surface area contributed by atoms with Crippen LogP contribution in [0.2, 0.25) is 0 Å². The quantitative estimate of drug-likeness (QED) is 0.533. The highest BCUT2D eigenvalue weighted by Crippen LogP contribution is 2.04. The number of amides is 2. The van der Waals surface area contributed by atoms with Crippen molar-refractivity contribution in [1.82, 2.24) is 10.6 Å². The number of hydrogen-bond donors (Lipinski definition) is 2. The van der Waals surface area contributed by atoms with E-state index >= 15 is 0 Å². The Kier molecular flexibility index (Phi) is 8.15. The molecule has 0 radical (unpaired) electrons. The van der Waals surface area contributed by atoms with E-state index in [0.29, 0.717) is 6.54 Å². The first-order chi connectivity index (χ1) is 13.8. The highest BCUT2D eigenvalue weighted by Gasteiger charge is 2.22. The van der Waals surface area contributed by atoms with Crippen LogP contribution in [0, 0.1) is 6.92 Å². The fourth-order valence-corrected chi connectivity index (χ4v) is 2.43. The van der Waals surface area contributed by atoms with Gasteiger partial charge in [-0.15, -0.1) is 0 Å². The van der Waals surface area contributed by atoms with E-state index in [2.05, 4.69) is 10.6 Å². The maximum atomic E-state index is 12.1. The average Bonchev–Trinajstić information content (AvgIpc) is 2.72. The van der Waals surface area contributed by atoms with E-state index in [1.807, 2.05) is 61.5 Å². The van der Waals surface area contributed by atoms with Gasteiger partial charge >= 0.3 is 5.97 Å². The van der Waals surface area contributed by atoms with Crippen molar-refractivity contribution >= 4 is 23.9 Å².